The van der Waals surface area contributed by atoms with Crippen molar-refractivity contribution >= 4 is 33.7 Å². The van der Waals surface area contributed by atoms with Gasteiger partial charge in [0.15, 0.2) is 0 Å². The van der Waals surface area contributed by atoms with Gasteiger partial charge in [0, 0.05) is 17.5 Å². The van der Waals surface area contributed by atoms with E-state index < -0.39 is 0 Å². The third-order valence-corrected chi connectivity index (χ3v) is 3.86. The molecule has 0 bridgehead atoms. The summed E-state index contributed by atoms with van der Waals surface area (Å²) in [5.41, 5.74) is 5.62. The van der Waals surface area contributed by atoms with Crippen molar-refractivity contribution in [3.63, 3.8) is 0 Å². The Hall–Kier alpha value is -1.07. The SMILES string of the molecule is CCN(Cc1cccs1)c1cc(N)ns1. The molecule has 0 aliphatic heterocycles. The van der Waals surface area contributed by atoms with Gasteiger partial charge in [0.05, 0.1) is 6.54 Å². The van der Waals surface area contributed by atoms with Crippen molar-refractivity contribution < 1.29 is 0 Å². The molecule has 0 amide bonds. The second-order valence-electron chi connectivity index (χ2n) is 3.18. The zero-order valence-electron chi connectivity index (χ0n) is 8.51. The van der Waals surface area contributed by atoms with Crippen LogP contribution in [0.1, 0.15) is 11.8 Å². The van der Waals surface area contributed by atoms with Crippen LogP contribution in [0.5, 0.6) is 0 Å². The molecule has 5 heteroatoms. The number of nitrogens with two attached hydrogens (primary N) is 1. The molecule has 2 rings (SSSR count). The van der Waals surface area contributed by atoms with Crippen LogP contribution in [0.15, 0.2) is 23.6 Å². The molecule has 0 aliphatic rings. The van der Waals surface area contributed by atoms with E-state index in [1.807, 2.05) is 6.07 Å². The Morgan fingerprint density at radius 3 is 2.93 bits per heavy atom. The Kier molecular flexibility index (Phi) is 3.23. The summed E-state index contributed by atoms with van der Waals surface area (Å²) in [6, 6.07) is 6.16. The first-order valence-corrected chi connectivity index (χ1v) is 6.44. The van der Waals surface area contributed by atoms with Crippen LogP contribution in [0.3, 0.4) is 0 Å². The minimum absolute atomic E-state index is 0.611. The van der Waals surface area contributed by atoms with Gasteiger partial charge in [-0.2, -0.15) is 4.37 Å². The summed E-state index contributed by atoms with van der Waals surface area (Å²) >= 11 is 3.24. The van der Waals surface area contributed by atoms with Crippen molar-refractivity contribution in [3.05, 3.63) is 28.5 Å². The zero-order chi connectivity index (χ0) is 10.7. The standard InChI is InChI=1S/C10H13N3S2/c1-2-13(7-8-4-3-5-14-8)10-6-9(11)12-15-10/h3-6H,2,7H2,1H3,(H2,11,12). The van der Waals surface area contributed by atoms with Crippen LogP contribution in [-0.2, 0) is 6.54 Å². The van der Waals surface area contributed by atoms with E-state index >= 15 is 0 Å². The molecule has 0 spiro atoms. The van der Waals surface area contributed by atoms with E-state index in [0.29, 0.717) is 5.82 Å². The molecule has 2 heterocycles. The molecule has 0 aromatic carbocycles. The highest BCUT2D eigenvalue weighted by Gasteiger charge is 2.08. The van der Waals surface area contributed by atoms with Crippen LogP contribution in [0.2, 0.25) is 0 Å². The third kappa shape index (κ3) is 2.49. The molecule has 2 aromatic heterocycles. The van der Waals surface area contributed by atoms with Crippen molar-refractivity contribution in [2.24, 2.45) is 0 Å². The van der Waals surface area contributed by atoms with Gasteiger partial charge in [-0.05, 0) is 29.9 Å². The highest BCUT2D eigenvalue weighted by atomic mass is 32.1. The second kappa shape index (κ2) is 4.63. The summed E-state index contributed by atoms with van der Waals surface area (Å²) < 4.78 is 4.10. The van der Waals surface area contributed by atoms with Crippen LogP contribution < -0.4 is 10.6 Å². The highest BCUT2D eigenvalue weighted by Crippen LogP contribution is 2.25. The molecule has 15 heavy (non-hydrogen) atoms. The van der Waals surface area contributed by atoms with Gasteiger partial charge in [0.2, 0.25) is 0 Å². The smallest absolute Gasteiger partial charge is 0.139 e. The normalized spacial score (nSPS) is 10.5. The van der Waals surface area contributed by atoms with E-state index in [1.165, 1.54) is 16.4 Å². The molecule has 0 aliphatic carbocycles. The molecule has 0 atom stereocenters. The third-order valence-electron chi connectivity index (χ3n) is 2.14. The lowest BCUT2D eigenvalue weighted by atomic mass is 10.4. The van der Waals surface area contributed by atoms with Gasteiger partial charge in [0.1, 0.15) is 10.8 Å². The Labute approximate surface area is 97.3 Å². The summed E-state index contributed by atoms with van der Waals surface area (Å²) in [7, 11) is 0. The number of aromatic nitrogens is 1. The minimum Gasteiger partial charge on any atom is -0.383 e. The number of nitrogens with zero attached hydrogens (tertiary/aromatic N) is 2. The number of nitrogen functional groups attached to an aromatic ring is 1. The molecule has 0 saturated carbocycles. The number of rotatable bonds is 4. The van der Waals surface area contributed by atoms with E-state index in [2.05, 4.69) is 33.7 Å². The van der Waals surface area contributed by atoms with E-state index in [1.54, 1.807) is 11.3 Å². The summed E-state index contributed by atoms with van der Waals surface area (Å²) in [6.45, 7) is 4.05. The van der Waals surface area contributed by atoms with Gasteiger partial charge in [-0.15, -0.1) is 11.3 Å². The first kappa shape index (κ1) is 10.4. The number of hydrogen-bond donors (Lipinski definition) is 1. The topological polar surface area (TPSA) is 42.1 Å². The van der Waals surface area contributed by atoms with E-state index in [9.17, 15) is 0 Å². The number of anilines is 2. The molecule has 3 nitrogen and oxygen atoms in total. The largest absolute Gasteiger partial charge is 0.383 e. The van der Waals surface area contributed by atoms with E-state index in [4.69, 9.17) is 5.73 Å². The Bertz CT molecular complexity index is 408. The monoisotopic (exact) mass is 239 g/mol. The van der Waals surface area contributed by atoms with Crippen molar-refractivity contribution in [2.75, 3.05) is 17.2 Å². The first-order valence-electron chi connectivity index (χ1n) is 4.79. The second-order valence-corrected chi connectivity index (χ2v) is 5.00. The Morgan fingerprint density at radius 1 is 1.53 bits per heavy atom. The van der Waals surface area contributed by atoms with Gasteiger partial charge in [-0.25, -0.2) is 0 Å². The van der Waals surface area contributed by atoms with Crippen molar-refractivity contribution in [3.8, 4) is 0 Å². The van der Waals surface area contributed by atoms with Gasteiger partial charge in [-0.3, -0.25) is 0 Å². The molecular formula is C10H13N3S2. The summed E-state index contributed by atoms with van der Waals surface area (Å²) in [5.74, 6) is 0.611. The van der Waals surface area contributed by atoms with Crippen molar-refractivity contribution in [2.45, 2.75) is 13.5 Å². The maximum Gasteiger partial charge on any atom is 0.139 e. The maximum absolute atomic E-state index is 5.62. The summed E-state index contributed by atoms with van der Waals surface area (Å²) in [4.78, 5) is 3.64. The lowest BCUT2D eigenvalue weighted by molar-refractivity contribution is 0.852. The molecule has 2 N–H and O–H groups in total. The van der Waals surface area contributed by atoms with Gasteiger partial charge in [0.25, 0.3) is 0 Å². The Morgan fingerprint density at radius 2 is 2.40 bits per heavy atom. The molecule has 0 saturated heterocycles. The van der Waals surface area contributed by atoms with Crippen LogP contribution in [0.25, 0.3) is 0 Å². The van der Waals surface area contributed by atoms with Crippen LogP contribution in [0, 0.1) is 0 Å². The molecule has 0 fully saturated rings. The molecule has 2 aromatic rings. The fourth-order valence-corrected chi connectivity index (χ4v) is 2.82. The highest BCUT2D eigenvalue weighted by molar-refractivity contribution is 7.10. The fourth-order valence-electron chi connectivity index (χ4n) is 1.36. The van der Waals surface area contributed by atoms with Gasteiger partial charge >= 0.3 is 0 Å². The van der Waals surface area contributed by atoms with Crippen molar-refractivity contribution in [1.29, 1.82) is 0 Å². The first-order chi connectivity index (χ1) is 7.29. The van der Waals surface area contributed by atoms with Gasteiger partial charge < -0.3 is 10.6 Å². The zero-order valence-corrected chi connectivity index (χ0v) is 10.1. The predicted octanol–water partition coefficient (Wildman–Crippen LogP) is 2.81. The lowest BCUT2D eigenvalue weighted by Crippen LogP contribution is -2.20. The average molecular weight is 239 g/mol. The molecular weight excluding hydrogens is 226 g/mol. The predicted molar refractivity (Wildman–Crippen MR) is 67.6 cm³/mol. The van der Waals surface area contributed by atoms with Crippen molar-refractivity contribution in [1.82, 2.24) is 4.37 Å². The number of hydrogen-bond acceptors (Lipinski definition) is 5. The maximum atomic E-state index is 5.62. The summed E-state index contributed by atoms with van der Waals surface area (Å²) in [5, 5.41) is 3.24. The minimum atomic E-state index is 0.611. The lowest BCUT2D eigenvalue weighted by Gasteiger charge is -2.19. The Balaban J connectivity index is 2.11. The van der Waals surface area contributed by atoms with E-state index in [0.717, 1.165) is 18.1 Å². The van der Waals surface area contributed by atoms with Crippen LogP contribution >= 0.6 is 22.9 Å². The molecule has 80 valence electrons. The molecule has 0 unspecified atom stereocenters. The van der Waals surface area contributed by atoms with Gasteiger partial charge in [-0.1, -0.05) is 6.07 Å². The average Bonchev–Trinajstić information content (AvgIpc) is 2.85. The van der Waals surface area contributed by atoms with Crippen LogP contribution in [-0.4, -0.2) is 10.9 Å². The summed E-state index contributed by atoms with van der Waals surface area (Å²) in [6.07, 6.45) is 0. The quantitative estimate of drug-likeness (QED) is 0.892. The van der Waals surface area contributed by atoms with E-state index in [-0.39, 0.29) is 0 Å². The van der Waals surface area contributed by atoms with Crippen LogP contribution in [0.4, 0.5) is 10.8 Å². The number of thiophene rings is 1. The fraction of sp³-hybridized carbons (Fsp3) is 0.300. The molecule has 0 radical (unpaired) electrons.